The van der Waals surface area contributed by atoms with Gasteiger partial charge in [0.25, 0.3) is 0 Å². The van der Waals surface area contributed by atoms with E-state index in [2.05, 4.69) is 191 Å². The Balaban J connectivity index is 1.22. The third kappa shape index (κ3) is 4.56. The Bertz CT molecular complexity index is 2520. The summed E-state index contributed by atoms with van der Waals surface area (Å²) in [4.78, 5) is 2.52. The summed E-state index contributed by atoms with van der Waals surface area (Å²) in [5.41, 5.74) is 16.6. The van der Waals surface area contributed by atoms with Gasteiger partial charge < -0.3 is 9.47 Å². The van der Waals surface area contributed by atoms with E-state index in [-0.39, 0.29) is 5.41 Å². The van der Waals surface area contributed by atoms with Gasteiger partial charge in [-0.05, 0) is 108 Å². The van der Waals surface area contributed by atoms with E-state index in [9.17, 15) is 0 Å². The molecule has 0 N–H and O–H groups in total. The Hall–Kier alpha value is -6.12. The first kappa shape index (κ1) is 29.8. The summed E-state index contributed by atoms with van der Waals surface area (Å²) in [5, 5.41) is 1.34. The number of para-hydroxylation sites is 3. The molecule has 1 heterocycles. The number of benzene rings is 6. The first-order valence-corrected chi connectivity index (χ1v) is 18.2. The maximum atomic E-state index is 2.52. The molecule has 2 heteroatoms. The van der Waals surface area contributed by atoms with Crippen molar-refractivity contribution in [2.75, 3.05) is 4.90 Å². The molecule has 3 aliphatic rings. The molecule has 1 unspecified atom stereocenters. The molecule has 0 saturated heterocycles. The predicted octanol–water partition coefficient (Wildman–Crippen LogP) is 12.3. The lowest BCUT2D eigenvalue weighted by Gasteiger charge is -2.37. The first-order chi connectivity index (χ1) is 25.3. The number of rotatable bonds is 6. The molecule has 3 aliphatic carbocycles. The second kappa shape index (κ2) is 12.0. The fraction of sp³-hybridized carbons (Fsp3) is 0.102. The minimum Gasteiger partial charge on any atom is -0.314 e. The van der Waals surface area contributed by atoms with Crippen LogP contribution in [0.25, 0.3) is 33.8 Å². The summed E-state index contributed by atoms with van der Waals surface area (Å²) in [6.07, 6.45) is 13.4. The fourth-order valence-electron chi connectivity index (χ4n) is 9.17. The Morgan fingerprint density at radius 2 is 1.27 bits per heavy atom. The Morgan fingerprint density at radius 3 is 2.08 bits per heavy atom. The van der Waals surface area contributed by atoms with Crippen molar-refractivity contribution in [2.24, 2.45) is 0 Å². The number of hydrogen-bond acceptors (Lipinski definition) is 1. The van der Waals surface area contributed by atoms with Crippen LogP contribution in [0.15, 0.2) is 187 Å². The van der Waals surface area contributed by atoms with Crippen LogP contribution in [0.3, 0.4) is 0 Å². The lowest BCUT2D eigenvalue weighted by molar-refractivity contribution is 0.692. The van der Waals surface area contributed by atoms with Crippen molar-refractivity contribution in [1.82, 2.24) is 4.57 Å². The maximum absolute atomic E-state index is 2.52. The second-order valence-corrected chi connectivity index (χ2v) is 13.9. The van der Waals surface area contributed by atoms with Crippen LogP contribution in [0, 0.1) is 0 Å². The van der Waals surface area contributed by atoms with E-state index in [4.69, 9.17) is 0 Å². The number of hydrogen-bond donors (Lipinski definition) is 0. The molecule has 0 bridgehead atoms. The zero-order chi connectivity index (χ0) is 33.8. The van der Waals surface area contributed by atoms with Gasteiger partial charge in [0.2, 0.25) is 0 Å². The smallest absolute Gasteiger partial charge is 0.0677 e. The fourth-order valence-corrected chi connectivity index (χ4v) is 9.17. The molecule has 0 radical (unpaired) electrons. The average molecular weight is 655 g/mol. The van der Waals surface area contributed by atoms with Crippen molar-refractivity contribution in [1.29, 1.82) is 0 Å². The van der Waals surface area contributed by atoms with Gasteiger partial charge in [0, 0.05) is 28.1 Å². The summed E-state index contributed by atoms with van der Waals surface area (Å²) < 4.78 is 2.45. The SMILES string of the molecule is C1=CCCC(C2(c3ccccc3)c3ccccc3-c3ccc(N(C4=Cc5c(c6ccccc6n5-c5ccccc5)CC4)c4ccccc4)cc32)=C1. The highest BCUT2D eigenvalue weighted by molar-refractivity contribution is 5.93. The standard InChI is InChI=1S/C49H38N2/c1-5-17-35(18-6-1)49(36-19-7-2-8-20-36)45-27-15-13-25-41(45)42-31-29-39(33-46(42)49)50(37-21-9-3-10-22-37)40-30-32-44-43-26-14-16-28-47(43)51(48(44)34-40)38-23-11-4-12-24-38/h1-7,9-19,21-29,31,33-34H,8,20,30,32H2. The highest BCUT2D eigenvalue weighted by Gasteiger charge is 2.47. The van der Waals surface area contributed by atoms with Gasteiger partial charge in [-0.2, -0.15) is 0 Å². The quantitative estimate of drug-likeness (QED) is 0.173. The van der Waals surface area contributed by atoms with Gasteiger partial charge in [-0.3, -0.25) is 0 Å². The molecular weight excluding hydrogens is 617 g/mol. The minimum atomic E-state index is -0.371. The molecule has 0 amide bonds. The Kier molecular flexibility index (Phi) is 7.02. The van der Waals surface area contributed by atoms with Crippen molar-refractivity contribution in [2.45, 2.75) is 31.1 Å². The summed E-state index contributed by atoms with van der Waals surface area (Å²) in [7, 11) is 0. The molecule has 10 rings (SSSR count). The monoisotopic (exact) mass is 654 g/mol. The van der Waals surface area contributed by atoms with Gasteiger partial charge in [0.15, 0.2) is 0 Å². The lowest BCUT2D eigenvalue weighted by Crippen LogP contribution is -2.30. The summed E-state index contributed by atoms with van der Waals surface area (Å²) in [5.74, 6) is 0. The van der Waals surface area contributed by atoms with Crippen molar-refractivity contribution in [3.8, 4) is 16.8 Å². The normalized spacial score (nSPS) is 17.3. The third-order valence-corrected chi connectivity index (χ3v) is 11.3. The van der Waals surface area contributed by atoms with Crippen molar-refractivity contribution < 1.29 is 0 Å². The molecule has 7 aromatic rings. The molecule has 244 valence electrons. The van der Waals surface area contributed by atoms with Crippen LogP contribution in [0.4, 0.5) is 11.4 Å². The molecule has 0 aliphatic heterocycles. The largest absolute Gasteiger partial charge is 0.314 e. The second-order valence-electron chi connectivity index (χ2n) is 13.9. The number of allylic oxidation sites excluding steroid dienone is 5. The highest BCUT2D eigenvalue weighted by Crippen LogP contribution is 2.58. The molecule has 0 fully saturated rings. The summed E-state index contributed by atoms with van der Waals surface area (Å²) >= 11 is 0. The molecular formula is C49H38N2. The van der Waals surface area contributed by atoms with Crippen molar-refractivity contribution in [3.05, 3.63) is 215 Å². The third-order valence-electron chi connectivity index (χ3n) is 11.3. The van der Waals surface area contributed by atoms with E-state index in [1.807, 2.05) is 0 Å². The first-order valence-electron chi connectivity index (χ1n) is 18.2. The van der Waals surface area contributed by atoms with Crippen molar-refractivity contribution >= 4 is 28.4 Å². The van der Waals surface area contributed by atoms with Crippen LogP contribution in [0.2, 0.25) is 0 Å². The van der Waals surface area contributed by atoms with E-state index >= 15 is 0 Å². The van der Waals surface area contributed by atoms with Crippen LogP contribution < -0.4 is 4.90 Å². The van der Waals surface area contributed by atoms with E-state index in [1.54, 1.807) is 0 Å². The van der Waals surface area contributed by atoms with Gasteiger partial charge in [0.05, 0.1) is 16.6 Å². The lowest BCUT2D eigenvalue weighted by atomic mass is 9.65. The van der Waals surface area contributed by atoms with Gasteiger partial charge in [-0.15, -0.1) is 0 Å². The molecule has 0 spiro atoms. The van der Waals surface area contributed by atoms with E-state index < -0.39 is 0 Å². The topological polar surface area (TPSA) is 8.17 Å². The predicted molar refractivity (Wildman–Crippen MR) is 213 cm³/mol. The minimum absolute atomic E-state index is 0.371. The van der Waals surface area contributed by atoms with Gasteiger partial charge >= 0.3 is 0 Å². The molecule has 6 aromatic carbocycles. The summed E-state index contributed by atoms with van der Waals surface area (Å²) in [6.45, 7) is 0. The van der Waals surface area contributed by atoms with Crippen LogP contribution >= 0.6 is 0 Å². The van der Waals surface area contributed by atoms with Crippen LogP contribution in [-0.2, 0) is 11.8 Å². The molecule has 51 heavy (non-hydrogen) atoms. The molecule has 1 aromatic heterocycles. The van der Waals surface area contributed by atoms with E-state index in [0.29, 0.717) is 0 Å². The Labute approximate surface area is 300 Å². The zero-order valence-electron chi connectivity index (χ0n) is 28.5. The van der Waals surface area contributed by atoms with E-state index in [0.717, 1.165) is 25.7 Å². The number of nitrogens with zero attached hydrogens (tertiary/aromatic N) is 2. The summed E-state index contributed by atoms with van der Waals surface area (Å²) in [6, 6.07) is 58.2. The molecule has 1 atom stereocenters. The average Bonchev–Trinajstić information content (AvgIpc) is 3.70. The number of anilines is 2. The Morgan fingerprint density at radius 1 is 0.569 bits per heavy atom. The number of fused-ring (bicyclic) bond motifs is 6. The van der Waals surface area contributed by atoms with Crippen LogP contribution in [0.1, 0.15) is 47.2 Å². The zero-order valence-corrected chi connectivity index (χ0v) is 28.5. The van der Waals surface area contributed by atoms with E-state index in [1.165, 1.54) is 78.3 Å². The number of aryl methyl sites for hydroxylation is 1. The molecule has 2 nitrogen and oxygen atoms in total. The number of aromatic nitrogens is 1. The van der Waals surface area contributed by atoms with Gasteiger partial charge in [-0.25, -0.2) is 0 Å². The van der Waals surface area contributed by atoms with Gasteiger partial charge in [0.1, 0.15) is 0 Å². The molecule has 0 saturated carbocycles. The van der Waals surface area contributed by atoms with Gasteiger partial charge in [-0.1, -0.05) is 139 Å². The maximum Gasteiger partial charge on any atom is 0.0677 e. The van der Waals surface area contributed by atoms with Crippen LogP contribution in [0.5, 0.6) is 0 Å². The van der Waals surface area contributed by atoms with Crippen LogP contribution in [-0.4, -0.2) is 4.57 Å². The van der Waals surface area contributed by atoms with Crippen molar-refractivity contribution in [3.63, 3.8) is 0 Å². The highest BCUT2D eigenvalue weighted by atomic mass is 15.2.